The second kappa shape index (κ2) is 8.54. The van der Waals surface area contributed by atoms with Crippen molar-refractivity contribution in [2.75, 3.05) is 43.4 Å². The summed E-state index contributed by atoms with van der Waals surface area (Å²) < 4.78 is 0. The zero-order chi connectivity index (χ0) is 16.6. The normalized spacial score (nSPS) is 14.5. The van der Waals surface area contributed by atoms with Crippen LogP contribution >= 0.6 is 11.8 Å². The molecule has 0 aliphatic carbocycles. The molecular weight excluding hydrogens is 322 g/mol. The van der Waals surface area contributed by atoms with Crippen LogP contribution in [0.3, 0.4) is 0 Å². The van der Waals surface area contributed by atoms with Crippen molar-refractivity contribution in [3.8, 4) is 0 Å². The molecule has 2 aromatic rings. The van der Waals surface area contributed by atoms with Gasteiger partial charge in [-0.05, 0) is 24.3 Å². The Morgan fingerprint density at radius 1 is 1.04 bits per heavy atom. The van der Waals surface area contributed by atoms with Crippen LogP contribution in [0.1, 0.15) is 0 Å². The number of pyridine rings is 2. The van der Waals surface area contributed by atoms with E-state index in [2.05, 4.69) is 20.2 Å². The summed E-state index contributed by atoms with van der Waals surface area (Å²) >= 11 is 1.65. The molecule has 0 unspecified atom stereocenters. The first-order valence-corrected chi connectivity index (χ1v) is 9.04. The van der Waals surface area contributed by atoms with E-state index in [1.54, 1.807) is 24.2 Å². The highest BCUT2D eigenvalue weighted by Gasteiger charge is 2.21. The standard InChI is InChI=1S/C17H21N5OS/c23-17(20-9-14-24-16-6-2-4-8-19-16)22-12-10-21(11-13-22)15-5-1-3-7-18-15/h1-8H,9-14H2,(H,20,23). The molecule has 1 saturated heterocycles. The van der Waals surface area contributed by atoms with Crippen molar-refractivity contribution in [3.63, 3.8) is 0 Å². The van der Waals surface area contributed by atoms with Crippen LogP contribution in [-0.4, -0.2) is 59.4 Å². The fraction of sp³-hybridized carbons (Fsp3) is 0.353. The first kappa shape index (κ1) is 16.6. The Labute approximate surface area is 146 Å². The molecule has 1 N–H and O–H groups in total. The summed E-state index contributed by atoms with van der Waals surface area (Å²) in [5.41, 5.74) is 0. The fourth-order valence-corrected chi connectivity index (χ4v) is 3.26. The number of carbonyl (C=O) groups is 1. The maximum absolute atomic E-state index is 12.2. The summed E-state index contributed by atoms with van der Waals surface area (Å²) in [5, 5.41) is 3.96. The SMILES string of the molecule is O=C(NCCSc1ccccn1)N1CCN(c2ccccn2)CC1. The van der Waals surface area contributed by atoms with Crippen LogP contribution in [0, 0.1) is 0 Å². The second-order valence-corrected chi connectivity index (χ2v) is 6.53. The maximum atomic E-state index is 12.2. The Kier molecular flexibility index (Phi) is 5.90. The number of amides is 2. The van der Waals surface area contributed by atoms with Gasteiger partial charge in [-0.3, -0.25) is 0 Å². The summed E-state index contributed by atoms with van der Waals surface area (Å²) in [7, 11) is 0. The van der Waals surface area contributed by atoms with Crippen LogP contribution in [0.4, 0.5) is 10.6 Å². The summed E-state index contributed by atoms with van der Waals surface area (Å²) in [6.45, 7) is 3.70. The van der Waals surface area contributed by atoms with E-state index in [1.165, 1.54) is 0 Å². The molecule has 7 heteroatoms. The van der Waals surface area contributed by atoms with Crippen LogP contribution < -0.4 is 10.2 Å². The minimum Gasteiger partial charge on any atom is -0.353 e. The van der Waals surface area contributed by atoms with Crippen molar-refractivity contribution < 1.29 is 4.79 Å². The molecule has 0 spiro atoms. The van der Waals surface area contributed by atoms with Gasteiger partial charge < -0.3 is 15.1 Å². The third-order valence-electron chi connectivity index (χ3n) is 3.81. The number of thioether (sulfide) groups is 1. The van der Waals surface area contributed by atoms with E-state index in [9.17, 15) is 4.79 Å². The Hall–Kier alpha value is -2.28. The smallest absolute Gasteiger partial charge is 0.317 e. The zero-order valence-corrected chi connectivity index (χ0v) is 14.3. The van der Waals surface area contributed by atoms with E-state index in [0.29, 0.717) is 6.54 Å². The minimum absolute atomic E-state index is 0.0114. The highest BCUT2D eigenvalue weighted by molar-refractivity contribution is 7.99. The molecule has 0 radical (unpaired) electrons. The first-order valence-electron chi connectivity index (χ1n) is 8.05. The Morgan fingerprint density at radius 3 is 2.46 bits per heavy atom. The van der Waals surface area contributed by atoms with Crippen LogP contribution in [0.5, 0.6) is 0 Å². The zero-order valence-electron chi connectivity index (χ0n) is 13.5. The molecule has 0 saturated carbocycles. The summed E-state index contributed by atoms with van der Waals surface area (Å²) in [5.74, 6) is 1.79. The average molecular weight is 343 g/mol. The number of carbonyl (C=O) groups excluding carboxylic acids is 1. The molecule has 1 aliphatic rings. The Morgan fingerprint density at radius 2 is 1.79 bits per heavy atom. The van der Waals surface area contributed by atoms with Gasteiger partial charge in [-0.15, -0.1) is 11.8 Å². The van der Waals surface area contributed by atoms with E-state index >= 15 is 0 Å². The molecule has 2 amide bonds. The lowest BCUT2D eigenvalue weighted by atomic mass is 10.3. The number of piperazine rings is 1. The van der Waals surface area contributed by atoms with Gasteiger partial charge in [0.25, 0.3) is 0 Å². The molecule has 126 valence electrons. The van der Waals surface area contributed by atoms with E-state index in [4.69, 9.17) is 0 Å². The van der Waals surface area contributed by atoms with Gasteiger partial charge in [0.05, 0.1) is 5.03 Å². The van der Waals surface area contributed by atoms with Gasteiger partial charge in [-0.25, -0.2) is 14.8 Å². The summed E-state index contributed by atoms with van der Waals surface area (Å²) in [4.78, 5) is 24.9. The van der Waals surface area contributed by atoms with E-state index < -0.39 is 0 Å². The predicted molar refractivity (Wildman–Crippen MR) is 96.4 cm³/mol. The van der Waals surface area contributed by atoms with Crippen molar-refractivity contribution in [3.05, 3.63) is 48.8 Å². The lowest BCUT2D eigenvalue weighted by Crippen LogP contribution is -2.52. The third kappa shape index (κ3) is 4.61. The van der Waals surface area contributed by atoms with Crippen molar-refractivity contribution in [1.29, 1.82) is 0 Å². The van der Waals surface area contributed by atoms with E-state index in [-0.39, 0.29) is 6.03 Å². The Balaban J connectivity index is 1.36. The molecule has 3 heterocycles. The highest BCUT2D eigenvalue weighted by Crippen LogP contribution is 2.14. The molecule has 24 heavy (non-hydrogen) atoms. The second-order valence-electron chi connectivity index (χ2n) is 5.41. The van der Waals surface area contributed by atoms with Crippen LogP contribution in [0.2, 0.25) is 0 Å². The van der Waals surface area contributed by atoms with Gasteiger partial charge in [-0.2, -0.15) is 0 Å². The number of urea groups is 1. The first-order chi connectivity index (χ1) is 11.8. The molecule has 3 rings (SSSR count). The average Bonchev–Trinajstić information content (AvgIpc) is 2.67. The molecule has 1 aliphatic heterocycles. The van der Waals surface area contributed by atoms with Crippen molar-refractivity contribution in [2.24, 2.45) is 0 Å². The van der Waals surface area contributed by atoms with E-state index in [0.717, 1.165) is 42.8 Å². The van der Waals surface area contributed by atoms with Crippen molar-refractivity contribution in [2.45, 2.75) is 5.03 Å². The monoisotopic (exact) mass is 343 g/mol. The number of nitrogens with zero attached hydrogens (tertiary/aromatic N) is 4. The lowest BCUT2D eigenvalue weighted by molar-refractivity contribution is 0.195. The van der Waals surface area contributed by atoms with Gasteiger partial charge in [0, 0.05) is 50.9 Å². The maximum Gasteiger partial charge on any atom is 0.317 e. The van der Waals surface area contributed by atoms with Crippen LogP contribution in [-0.2, 0) is 0 Å². The van der Waals surface area contributed by atoms with E-state index in [1.807, 2.05) is 41.3 Å². The highest BCUT2D eigenvalue weighted by atomic mass is 32.2. The molecular formula is C17H21N5OS. The number of hydrogen-bond donors (Lipinski definition) is 1. The number of aromatic nitrogens is 2. The number of hydrogen-bond acceptors (Lipinski definition) is 5. The third-order valence-corrected chi connectivity index (χ3v) is 4.75. The number of anilines is 1. The molecule has 0 atom stereocenters. The topological polar surface area (TPSA) is 61.4 Å². The number of rotatable bonds is 5. The van der Waals surface area contributed by atoms with Gasteiger partial charge in [0.15, 0.2) is 0 Å². The Bertz CT molecular complexity index is 632. The summed E-state index contributed by atoms with van der Waals surface area (Å²) in [6.07, 6.45) is 3.58. The van der Waals surface area contributed by atoms with Crippen molar-refractivity contribution in [1.82, 2.24) is 20.2 Å². The predicted octanol–water partition coefficient (Wildman–Crippen LogP) is 2.10. The minimum atomic E-state index is 0.0114. The molecule has 0 bridgehead atoms. The molecule has 2 aromatic heterocycles. The van der Waals surface area contributed by atoms with Gasteiger partial charge in [0.2, 0.25) is 0 Å². The van der Waals surface area contributed by atoms with Gasteiger partial charge in [-0.1, -0.05) is 12.1 Å². The quantitative estimate of drug-likeness (QED) is 0.665. The van der Waals surface area contributed by atoms with Gasteiger partial charge in [0.1, 0.15) is 5.82 Å². The summed E-state index contributed by atoms with van der Waals surface area (Å²) in [6, 6.07) is 11.8. The van der Waals surface area contributed by atoms with Crippen molar-refractivity contribution >= 4 is 23.6 Å². The molecule has 6 nitrogen and oxygen atoms in total. The molecule has 1 fully saturated rings. The largest absolute Gasteiger partial charge is 0.353 e. The van der Waals surface area contributed by atoms with Crippen LogP contribution in [0.25, 0.3) is 0 Å². The molecule has 0 aromatic carbocycles. The lowest BCUT2D eigenvalue weighted by Gasteiger charge is -2.35. The van der Waals surface area contributed by atoms with Crippen LogP contribution in [0.15, 0.2) is 53.8 Å². The number of nitrogens with one attached hydrogen (secondary N) is 1. The fourth-order valence-electron chi connectivity index (χ4n) is 2.54. The van der Waals surface area contributed by atoms with Gasteiger partial charge >= 0.3 is 6.03 Å².